The van der Waals surface area contributed by atoms with Gasteiger partial charge in [-0.3, -0.25) is 9.88 Å². The molecule has 0 radical (unpaired) electrons. The van der Waals surface area contributed by atoms with Crippen molar-refractivity contribution in [1.82, 2.24) is 14.8 Å². The number of fused-ring (bicyclic) bond motifs is 1. The molecule has 0 aliphatic carbocycles. The molecular formula is C21H27N3O3. The van der Waals surface area contributed by atoms with E-state index in [0.29, 0.717) is 13.2 Å². The van der Waals surface area contributed by atoms with Gasteiger partial charge in [0, 0.05) is 38.4 Å². The van der Waals surface area contributed by atoms with Crippen molar-refractivity contribution < 1.29 is 14.2 Å². The molecular weight excluding hydrogens is 342 g/mol. The van der Waals surface area contributed by atoms with Crippen LogP contribution in [0, 0.1) is 0 Å². The normalized spacial score (nSPS) is 19.4. The number of nitrogens with zero attached hydrogens (tertiary/aromatic N) is 3. The van der Waals surface area contributed by atoms with E-state index in [0.717, 1.165) is 55.5 Å². The number of rotatable bonds is 6. The van der Waals surface area contributed by atoms with Gasteiger partial charge in [0.05, 0.1) is 5.69 Å². The zero-order chi connectivity index (χ0) is 18.6. The summed E-state index contributed by atoms with van der Waals surface area (Å²) in [6, 6.07) is 10.2. The maximum absolute atomic E-state index is 6.21. The van der Waals surface area contributed by atoms with E-state index in [2.05, 4.69) is 26.9 Å². The highest BCUT2D eigenvalue weighted by Gasteiger charge is 2.24. The molecule has 0 spiro atoms. The van der Waals surface area contributed by atoms with Crippen LogP contribution in [-0.4, -0.2) is 61.3 Å². The first kappa shape index (κ1) is 18.1. The van der Waals surface area contributed by atoms with Crippen molar-refractivity contribution >= 4 is 0 Å². The minimum Gasteiger partial charge on any atom is -0.489 e. The van der Waals surface area contributed by atoms with Crippen LogP contribution in [0.4, 0.5) is 0 Å². The summed E-state index contributed by atoms with van der Waals surface area (Å²) in [5.41, 5.74) is 2.28. The lowest BCUT2D eigenvalue weighted by atomic mass is 10.2. The molecule has 1 saturated heterocycles. The van der Waals surface area contributed by atoms with Gasteiger partial charge in [0.25, 0.3) is 0 Å². The van der Waals surface area contributed by atoms with Crippen LogP contribution in [0.3, 0.4) is 0 Å². The van der Waals surface area contributed by atoms with Crippen LogP contribution >= 0.6 is 0 Å². The summed E-state index contributed by atoms with van der Waals surface area (Å²) in [6.07, 6.45) is 3.09. The van der Waals surface area contributed by atoms with E-state index >= 15 is 0 Å². The molecule has 144 valence electrons. The molecule has 6 nitrogen and oxygen atoms in total. The molecule has 1 unspecified atom stereocenters. The van der Waals surface area contributed by atoms with Gasteiger partial charge in [-0.25, -0.2) is 0 Å². The molecule has 1 atom stereocenters. The largest absolute Gasteiger partial charge is 0.489 e. The van der Waals surface area contributed by atoms with Crippen LogP contribution < -0.4 is 14.2 Å². The highest BCUT2D eigenvalue weighted by atomic mass is 16.6. The molecule has 1 aromatic heterocycles. The van der Waals surface area contributed by atoms with Crippen molar-refractivity contribution in [1.29, 1.82) is 0 Å². The molecule has 0 saturated carbocycles. The van der Waals surface area contributed by atoms with Crippen LogP contribution in [-0.2, 0) is 13.1 Å². The van der Waals surface area contributed by atoms with Crippen molar-refractivity contribution in [3.8, 4) is 17.2 Å². The summed E-state index contributed by atoms with van der Waals surface area (Å²) in [4.78, 5) is 8.94. The van der Waals surface area contributed by atoms with Gasteiger partial charge < -0.3 is 19.1 Å². The Morgan fingerprint density at radius 2 is 2.00 bits per heavy atom. The highest BCUT2D eigenvalue weighted by molar-refractivity contribution is 5.43. The zero-order valence-corrected chi connectivity index (χ0v) is 16.1. The van der Waals surface area contributed by atoms with Crippen molar-refractivity contribution in [2.24, 2.45) is 0 Å². The van der Waals surface area contributed by atoms with Crippen LogP contribution in [0.2, 0.25) is 0 Å². The fraction of sp³-hybridized carbons (Fsp3) is 0.476. The number of pyridine rings is 1. The van der Waals surface area contributed by atoms with Gasteiger partial charge in [0.1, 0.15) is 25.1 Å². The summed E-state index contributed by atoms with van der Waals surface area (Å²) in [6.45, 7) is 4.94. The topological polar surface area (TPSA) is 47.1 Å². The van der Waals surface area contributed by atoms with Gasteiger partial charge in [-0.15, -0.1) is 0 Å². The second kappa shape index (κ2) is 8.15. The monoisotopic (exact) mass is 369 g/mol. The molecule has 1 aromatic carbocycles. The standard InChI is InChI=1S/C21H27N3O3/c1-23(2)14-17-12-18(5-7-22-17)27-19-6-8-24(15-19)13-16-3-4-20-21(11-16)26-10-9-25-20/h3-5,7,11-12,19H,6,8-10,13-15H2,1-2H3. The van der Waals surface area contributed by atoms with Gasteiger partial charge in [-0.2, -0.15) is 0 Å². The number of ether oxygens (including phenoxy) is 3. The van der Waals surface area contributed by atoms with Crippen molar-refractivity contribution in [2.45, 2.75) is 25.6 Å². The van der Waals surface area contributed by atoms with Crippen LogP contribution in [0.1, 0.15) is 17.7 Å². The molecule has 3 heterocycles. The smallest absolute Gasteiger partial charge is 0.161 e. The maximum Gasteiger partial charge on any atom is 0.161 e. The van der Waals surface area contributed by atoms with E-state index in [1.807, 2.05) is 38.5 Å². The van der Waals surface area contributed by atoms with Gasteiger partial charge in [0.2, 0.25) is 0 Å². The third-order valence-corrected chi connectivity index (χ3v) is 4.81. The fourth-order valence-electron chi connectivity index (χ4n) is 3.61. The SMILES string of the molecule is CN(C)Cc1cc(OC2CCN(Cc3ccc4c(c3)OCCO4)C2)ccn1. The van der Waals surface area contributed by atoms with E-state index in [1.54, 1.807) is 0 Å². The molecule has 2 aromatic rings. The molecule has 27 heavy (non-hydrogen) atoms. The van der Waals surface area contributed by atoms with Crippen molar-refractivity contribution in [3.63, 3.8) is 0 Å². The lowest BCUT2D eigenvalue weighted by Crippen LogP contribution is -2.25. The third-order valence-electron chi connectivity index (χ3n) is 4.81. The third kappa shape index (κ3) is 4.70. The Morgan fingerprint density at radius 1 is 1.15 bits per heavy atom. The molecule has 4 rings (SSSR count). The van der Waals surface area contributed by atoms with E-state index in [4.69, 9.17) is 14.2 Å². The predicted octanol–water partition coefficient (Wildman–Crippen LogP) is 2.57. The van der Waals surface area contributed by atoms with Gasteiger partial charge >= 0.3 is 0 Å². The Hall–Kier alpha value is -2.31. The Kier molecular flexibility index (Phi) is 5.45. The summed E-state index contributed by atoms with van der Waals surface area (Å²) in [7, 11) is 4.09. The first-order chi connectivity index (χ1) is 13.2. The predicted molar refractivity (Wildman–Crippen MR) is 103 cm³/mol. The molecule has 0 N–H and O–H groups in total. The minimum atomic E-state index is 0.219. The van der Waals surface area contributed by atoms with Gasteiger partial charge in [-0.1, -0.05) is 6.07 Å². The first-order valence-corrected chi connectivity index (χ1v) is 9.53. The molecule has 0 bridgehead atoms. The fourth-order valence-corrected chi connectivity index (χ4v) is 3.61. The van der Waals surface area contributed by atoms with Crippen LogP contribution in [0.25, 0.3) is 0 Å². The minimum absolute atomic E-state index is 0.219. The second-order valence-electron chi connectivity index (χ2n) is 7.46. The number of hydrogen-bond acceptors (Lipinski definition) is 6. The average molecular weight is 369 g/mol. The number of aromatic nitrogens is 1. The maximum atomic E-state index is 6.21. The summed E-state index contributed by atoms with van der Waals surface area (Å²) in [5.74, 6) is 2.61. The number of likely N-dealkylation sites (tertiary alicyclic amines) is 1. The van der Waals surface area contributed by atoms with Crippen LogP contribution in [0.5, 0.6) is 17.2 Å². The van der Waals surface area contributed by atoms with Gasteiger partial charge in [0.15, 0.2) is 11.5 Å². The molecule has 0 amide bonds. The van der Waals surface area contributed by atoms with Gasteiger partial charge in [-0.05, 0) is 44.3 Å². The summed E-state index contributed by atoms with van der Waals surface area (Å²) < 4.78 is 17.5. The lowest BCUT2D eigenvalue weighted by molar-refractivity contribution is 0.171. The Morgan fingerprint density at radius 3 is 2.85 bits per heavy atom. The average Bonchev–Trinajstić information content (AvgIpc) is 3.08. The number of benzene rings is 1. The summed E-state index contributed by atoms with van der Waals surface area (Å²) >= 11 is 0. The quantitative estimate of drug-likeness (QED) is 0.780. The van der Waals surface area contributed by atoms with E-state index in [1.165, 1.54) is 5.56 Å². The number of hydrogen-bond donors (Lipinski definition) is 0. The Labute approximate surface area is 160 Å². The second-order valence-corrected chi connectivity index (χ2v) is 7.46. The molecule has 1 fully saturated rings. The van der Waals surface area contributed by atoms with E-state index in [-0.39, 0.29) is 6.10 Å². The van der Waals surface area contributed by atoms with E-state index in [9.17, 15) is 0 Å². The van der Waals surface area contributed by atoms with Crippen molar-refractivity contribution in [3.05, 3.63) is 47.8 Å². The lowest BCUT2D eigenvalue weighted by Gasteiger charge is -2.21. The molecule has 2 aliphatic heterocycles. The van der Waals surface area contributed by atoms with Crippen molar-refractivity contribution in [2.75, 3.05) is 40.4 Å². The highest BCUT2D eigenvalue weighted by Crippen LogP contribution is 2.31. The van der Waals surface area contributed by atoms with Crippen LogP contribution in [0.15, 0.2) is 36.5 Å². The van der Waals surface area contributed by atoms with E-state index < -0.39 is 0 Å². The summed E-state index contributed by atoms with van der Waals surface area (Å²) in [5, 5.41) is 0. The Balaban J connectivity index is 1.32. The molecule has 2 aliphatic rings. The zero-order valence-electron chi connectivity index (χ0n) is 16.1. The Bertz CT molecular complexity index is 781. The molecule has 6 heteroatoms. The first-order valence-electron chi connectivity index (χ1n) is 9.53.